The van der Waals surface area contributed by atoms with Crippen LogP contribution in [0.1, 0.15) is 16.7 Å². The van der Waals surface area contributed by atoms with Gasteiger partial charge in [-0.15, -0.1) is 0 Å². The average molecular weight is 336 g/mol. The molecule has 2 aromatic rings. The Morgan fingerprint density at radius 3 is 2.70 bits per heavy atom. The highest BCUT2D eigenvalue weighted by Gasteiger charge is 2.08. The highest BCUT2D eigenvalue weighted by Crippen LogP contribution is 2.28. The summed E-state index contributed by atoms with van der Waals surface area (Å²) in [7, 11) is 1.66. The molecule has 0 saturated carbocycles. The van der Waals surface area contributed by atoms with Crippen LogP contribution in [0, 0.1) is 6.92 Å². The first-order chi connectivity index (χ1) is 9.63. The van der Waals surface area contributed by atoms with Gasteiger partial charge in [0.1, 0.15) is 18.1 Å². The predicted octanol–water partition coefficient (Wildman–Crippen LogP) is 3.80. The molecule has 0 aliphatic carbocycles. The number of rotatable bonds is 5. The van der Waals surface area contributed by atoms with Crippen LogP contribution in [0.2, 0.25) is 0 Å². The molecule has 0 radical (unpaired) electrons. The first-order valence-corrected chi connectivity index (χ1v) is 7.18. The third-order valence-corrected chi connectivity index (χ3v) is 3.51. The van der Waals surface area contributed by atoms with Crippen molar-refractivity contribution in [1.82, 2.24) is 0 Å². The Hall–Kier alpha value is -1.52. The van der Waals surface area contributed by atoms with Crippen molar-refractivity contribution >= 4 is 15.9 Å². The Bertz CT molecular complexity index is 599. The van der Waals surface area contributed by atoms with E-state index in [0.29, 0.717) is 13.2 Å². The first kappa shape index (κ1) is 14.9. The maximum absolute atomic E-state index is 5.94. The molecule has 106 valence electrons. The molecule has 3 nitrogen and oxygen atoms in total. The van der Waals surface area contributed by atoms with E-state index in [0.717, 1.165) is 32.7 Å². The maximum Gasteiger partial charge on any atom is 0.127 e. The van der Waals surface area contributed by atoms with Gasteiger partial charge in [0.05, 0.1) is 7.11 Å². The standard InChI is InChI=1S/C16H18BrNO2/c1-11-6-14(17)8-13(9-18)16(11)20-10-12-4-3-5-15(7-12)19-2/h3-8H,9-10,18H2,1-2H3. The zero-order chi connectivity index (χ0) is 14.5. The van der Waals surface area contributed by atoms with Crippen LogP contribution in [0.15, 0.2) is 40.9 Å². The fourth-order valence-corrected chi connectivity index (χ4v) is 2.69. The second-order valence-corrected chi connectivity index (χ2v) is 5.47. The lowest BCUT2D eigenvalue weighted by Crippen LogP contribution is -2.04. The van der Waals surface area contributed by atoms with Gasteiger partial charge in [-0.1, -0.05) is 28.1 Å². The van der Waals surface area contributed by atoms with E-state index in [-0.39, 0.29) is 0 Å². The van der Waals surface area contributed by atoms with E-state index in [1.165, 1.54) is 0 Å². The summed E-state index contributed by atoms with van der Waals surface area (Å²) in [5.41, 5.74) is 8.92. The van der Waals surface area contributed by atoms with Crippen molar-refractivity contribution in [1.29, 1.82) is 0 Å². The molecule has 4 heteroatoms. The van der Waals surface area contributed by atoms with Crippen molar-refractivity contribution < 1.29 is 9.47 Å². The summed E-state index contributed by atoms with van der Waals surface area (Å²) in [4.78, 5) is 0. The second kappa shape index (κ2) is 6.77. The van der Waals surface area contributed by atoms with Gasteiger partial charge in [0.15, 0.2) is 0 Å². The summed E-state index contributed by atoms with van der Waals surface area (Å²) in [5.74, 6) is 1.69. The molecule has 20 heavy (non-hydrogen) atoms. The van der Waals surface area contributed by atoms with Gasteiger partial charge < -0.3 is 15.2 Å². The molecule has 0 heterocycles. The van der Waals surface area contributed by atoms with Crippen LogP contribution in [0.5, 0.6) is 11.5 Å². The fraction of sp³-hybridized carbons (Fsp3) is 0.250. The first-order valence-electron chi connectivity index (χ1n) is 6.39. The fourth-order valence-electron chi connectivity index (χ4n) is 2.08. The smallest absolute Gasteiger partial charge is 0.127 e. The number of hydrogen-bond acceptors (Lipinski definition) is 3. The highest BCUT2D eigenvalue weighted by molar-refractivity contribution is 9.10. The molecule has 0 unspecified atom stereocenters. The number of benzene rings is 2. The van der Waals surface area contributed by atoms with E-state index in [4.69, 9.17) is 15.2 Å². The Morgan fingerprint density at radius 1 is 1.20 bits per heavy atom. The van der Waals surface area contributed by atoms with Gasteiger partial charge in [-0.3, -0.25) is 0 Å². The van der Waals surface area contributed by atoms with Crippen molar-refractivity contribution in [3.05, 3.63) is 57.6 Å². The van der Waals surface area contributed by atoms with Crippen molar-refractivity contribution in [2.24, 2.45) is 5.73 Å². The molecular formula is C16H18BrNO2. The summed E-state index contributed by atoms with van der Waals surface area (Å²) in [6.07, 6.45) is 0. The third kappa shape index (κ3) is 3.52. The van der Waals surface area contributed by atoms with Crippen molar-refractivity contribution in [2.75, 3.05) is 7.11 Å². The van der Waals surface area contributed by atoms with Crippen LogP contribution in [0.25, 0.3) is 0 Å². The van der Waals surface area contributed by atoms with Crippen molar-refractivity contribution in [2.45, 2.75) is 20.1 Å². The van der Waals surface area contributed by atoms with Crippen LogP contribution >= 0.6 is 15.9 Å². The van der Waals surface area contributed by atoms with Gasteiger partial charge in [0.2, 0.25) is 0 Å². The lowest BCUT2D eigenvalue weighted by molar-refractivity contribution is 0.300. The van der Waals surface area contributed by atoms with Crippen molar-refractivity contribution in [3.63, 3.8) is 0 Å². The molecule has 2 aromatic carbocycles. The largest absolute Gasteiger partial charge is 0.497 e. The molecule has 0 saturated heterocycles. The maximum atomic E-state index is 5.94. The minimum Gasteiger partial charge on any atom is -0.497 e. The van der Waals surface area contributed by atoms with Gasteiger partial charge in [-0.25, -0.2) is 0 Å². The van der Waals surface area contributed by atoms with Gasteiger partial charge in [0.25, 0.3) is 0 Å². The Morgan fingerprint density at radius 2 is 2.00 bits per heavy atom. The number of hydrogen-bond donors (Lipinski definition) is 1. The molecule has 0 aromatic heterocycles. The number of halogens is 1. The molecule has 0 aliphatic heterocycles. The summed E-state index contributed by atoms with van der Waals surface area (Å²) in [5, 5.41) is 0. The summed E-state index contributed by atoms with van der Waals surface area (Å²) < 4.78 is 12.2. The van der Waals surface area contributed by atoms with E-state index in [9.17, 15) is 0 Å². The number of nitrogens with two attached hydrogens (primary N) is 1. The van der Waals surface area contributed by atoms with Crippen molar-refractivity contribution in [3.8, 4) is 11.5 Å². The summed E-state index contributed by atoms with van der Waals surface area (Å²) in [6.45, 7) is 2.96. The molecule has 0 amide bonds. The highest BCUT2D eigenvalue weighted by atomic mass is 79.9. The molecule has 0 fully saturated rings. The zero-order valence-corrected chi connectivity index (χ0v) is 13.2. The van der Waals surface area contributed by atoms with E-state index in [1.807, 2.05) is 43.3 Å². The van der Waals surface area contributed by atoms with Gasteiger partial charge in [-0.05, 0) is 42.3 Å². The van der Waals surface area contributed by atoms with Gasteiger partial charge in [-0.2, -0.15) is 0 Å². The minimum absolute atomic E-state index is 0.452. The molecule has 0 spiro atoms. The average Bonchev–Trinajstić information content (AvgIpc) is 2.45. The summed E-state index contributed by atoms with van der Waals surface area (Å²) in [6, 6.07) is 11.9. The lowest BCUT2D eigenvalue weighted by Gasteiger charge is -2.14. The minimum atomic E-state index is 0.452. The topological polar surface area (TPSA) is 44.5 Å². The van der Waals surface area contributed by atoms with E-state index in [1.54, 1.807) is 7.11 Å². The van der Waals surface area contributed by atoms with Crippen LogP contribution in [-0.2, 0) is 13.2 Å². The number of methoxy groups -OCH3 is 1. The molecular weight excluding hydrogens is 318 g/mol. The third-order valence-electron chi connectivity index (χ3n) is 3.05. The Labute approximate surface area is 127 Å². The van der Waals surface area contributed by atoms with E-state index >= 15 is 0 Å². The number of ether oxygens (including phenoxy) is 2. The van der Waals surface area contributed by atoms with Crippen LogP contribution in [0.4, 0.5) is 0 Å². The molecule has 0 atom stereocenters. The van der Waals surface area contributed by atoms with E-state index in [2.05, 4.69) is 15.9 Å². The molecule has 2 N–H and O–H groups in total. The molecule has 0 bridgehead atoms. The van der Waals surface area contributed by atoms with E-state index < -0.39 is 0 Å². The summed E-state index contributed by atoms with van der Waals surface area (Å²) >= 11 is 3.48. The molecule has 0 aliphatic rings. The Kier molecular flexibility index (Phi) is 5.04. The SMILES string of the molecule is COc1cccc(COc2c(C)cc(Br)cc2CN)c1. The number of aryl methyl sites for hydroxylation is 1. The normalized spacial score (nSPS) is 10.4. The predicted molar refractivity (Wildman–Crippen MR) is 84.1 cm³/mol. The second-order valence-electron chi connectivity index (χ2n) is 4.56. The van der Waals surface area contributed by atoms with Gasteiger partial charge in [0, 0.05) is 16.6 Å². The Balaban J connectivity index is 2.18. The zero-order valence-electron chi connectivity index (χ0n) is 11.7. The van der Waals surface area contributed by atoms with Crippen LogP contribution in [-0.4, -0.2) is 7.11 Å². The quantitative estimate of drug-likeness (QED) is 0.903. The van der Waals surface area contributed by atoms with Gasteiger partial charge >= 0.3 is 0 Å². The van der Waals surface area contributed by atoms with Crippen LogP contribution < -0.4 is 15.2 Å². The molecule has 2 rings (SSSR count). The monoisotopic (exact) mass is 335 g/mol. The van der Waals surface area contributed by atoms with Crippen LogP contribution in [0.3, 0.4) is 0 Å². The lowest BCUT2D eigenvalue weighted by atomic mass is 10.1.